The van der Waals surface area contributed by atoms with Crippen molar-refractivity contribution < 1.29 is 104 Å². The summed E-state index contributed by atoms with van der Waals surface area (Å²) in [6.07, 6.45) is 0.477. The van der Waals surface area contributed by atoms with Crippen LogP contribution in [0.2, 0.25) is 5.15 Å². The van der Waals surface area contributed by atoms with Crippen LogP contribution in [0.15, 0.2) is 188 Å². The Hall–Kier alpha value is -14.6. The van der Waals surface area contributed by atoms with Crippen molar-refractivity contribution in [3.63, 3.8) is 0 Å². The zero-order valence-electron chi connectivity index (χ0n) is 81.0. The van der Waals surface area contributed by atoms with Gasteiger partial charge in [0.05, 0.1) is 144 Å². The Morgan fingerprint density at radius 3 is 1.08 bits per heavy atom. The number of carbonyl (C=O) groups is 7. The number of non-ortho nitro benzene ring substituents is 1. The maximum absolute atomic E-state index is 14.9. The van der Waals surface area contributed by atoms with E-state index >= 15 is 0 Å². The Balaban J connectivity index is 0.000000206. The summed E-state index contributed by atoms with van der Waals surface area (Å²) in [5.74, 6) is -3.98. The van der Waals surface area contributed by atoms with E-state index in [1.165, 1.54) is 42.3 Å². The number of halogens is 7. The zero-order chi connectivity index (χ0) is 101. The molecule has 15 rings (SSSR count). The van der Waals surface area contributed by atoms with Gasteiger partial charge in [-0.3, -0.25) is 43.7 Å². The second-order valence-corrected chi connectivity index (χ2v) is 34.9. The van der Waals surface area contributed by atoms with Crippen molar-refractivity contribution in [1.82, 2.24) is 66.3 Å². The first-order valence-corrected chi connectivity index (χ1v) is 44.9. The molecule has 36 heteroatoms. The predicted octanol–water partition coefficient (Wildman–Crippen LogP) is 17.7. The molecule has 7 amide bonds. The SMILES string of the molecule is CCNC(=O)C(C)(C)c1ccc(Cc2nc(-c3c(F)cccc3F)nc3c2C(=O)N(Cc2ccc(OC)cc2OC)C3)cc1.CCNC(=O)C(C)(C)c1ccc(Cc2nc(-c3c(F)cccc3F)nc3c2C(=O)NC3)cc1.CCNC(=O)C(C)(C)c1ccc(N)cc1.CCNC(=O)C(C)(C)c1ccc([N+](=O)[O-])cc1.COc1ccc(CN2Cc3nc(-c4c(F)cccc4F)nc(Cl)c3C2=O)c(OC)c1.[CH3-].[Pd]. The molecule has 0 aliphatic carbocycles. The second kappa shape index (κ2) is 47.9. The molecule has 744 valence electrons. The summed E-state index contributed by atoms with van der Waals surface area (Å²) in [4.78, 5) is 127. The number of nitrogens with zero attached hydrogens (tertiary/aromatic N) is 9. The molecular formula is C105H111ClF6N15O13Pd-. The number of nitrogens with two attached hydrogens (primary N) is 1. The standard InChI is InChI=1S/C34H34F2N4O4.C25H24F2N4O2.C21H16ClF2N3O3.C12H16N2O3.C12H18N2O.CH3.Pd/c1-6-37-33(42)34(2,3)22-13-10-20(11-14-22)16-26-30-27(39-31(38-26)29-24(35)8-7-9-25(29)36)19-40(32(30)41)18-21-12-15-23(43-4)17-28(21)44-5;1-4-28-24(33)25(2,3)15-10-8-14(9-11-15)12-18-21-19(13-29-23(21)32)31-22(30-18)20-16(26)6-5-7-17(20)27;1-29-12-7-6-11(16(8-12)30-2)9-27-10-15-18(21(27)28)19(22)26-20(25-15)17-13(23)4-3-5-14(17)24;1-4-13-11(15)12(2,3)9-5-7-10(8-6-9)14(16)17;1-4-14-11(15)12(2,3)9-5-7-10(13)8-6-9;;/h7-15,17H,6,16,18-19H2,1-5H3,(H,37,42);5-11H,4,12-13H2,1-3H3,(H,28,33)(H,29,32);3-8H,9-10H2,1-2H3;5-8H,4H2,1-3H3,(H,13,15);5-8H,4,13H2,1-3H3,(H,14,15);1H3;/q;;;;;-1;. The predicted molar refractivity (Wildman–Crippen MR) is 520 cm³/mol. The summed E-state index contributed by atoms with van der Waals surface area (Å²) in [5.41, 5.74) is 11.8. The summed E-state index contributed by atoms with van der Waals surface area (Å²) >= 11 is 6.21. The van der Waals surface area contributed by atoms with E-state index in [2.05, 4.69) is 56.5 Å². The van der Waals surface area contributed by atoms with Gasteiger partial charge in [0.1, 0.15) is 68.6 Å². The van der Waals surface area contributed by atoms with Crippen LogP contribution in [0, 0.1) is 52.4 Å². The number of aromatic nitrogens is 6. The molecule has 0 spiro atoms. The largest absolute Gasteiger partial charge is 0.497 e. The quantitative estimate of drug-likeness (QED) is 0.00504. The van der Waals surface area contributed by atoms with Crippen molar-refractivity contribution in [3.8, 4) is 57.2 Å². The van der Waals surface area contributed by atoms with Crippen LogP contribution in [-0.2, 0) is 107 Å². The molecule has 9 aromatic carbocycles. The molecule has 0 saturated carbocycles. The molecule has 3 aromatic heterocycles. The van der Waals surface area contributed by atoms with Crippen LogP contribution in [0.25, 0.3) is 34.2 Å². The molecule has 12 aromatic rings. The maximum Gasteiger partial charge on any atom is 0.269 e. The Labute approximate surface area is 833 Å². The number of nitro benzene ring substituents is 1. The number of likely N-dealkylation sites (N-methyl/N-ethyl adjacent to an activating group) is 4. The van der Waals surface area contributed by atoms with E-state index in [1.54, 1.807) is 82.5 Å². The molecule has 0 unspecified atom stereocenters. The second-order valence-electron chi connectivity index (χ2n) is 34.6. The van der Waals surface area contributed by atoms with Crippen molar-refractivity contribution in [2.75, 3.05) is 60.4 Å². The minimum atomic E-state index is -0.810. The summed E-state index contributed by atoms with van der Waals surface area (Å²) in [5, 5.41) is 24.4. The van der Waals surface area contributed by atoms with Gasteiger partial charge >= 0.3 is 0 Å². The Morgan fingerprint density at radius 2 is 0.745 bits per heavy atom. The van der Waals surface area contributed by atoms with E-state index in [0.29, 0.717) is 94.5 Å². The first-order chi connectivity index (χ1) is 66.1. The number of anilines is 1. The number of benzene rings is 9. The molecular weight excluding hydrogens is 1940 g/mol. The molecule has 0 bridgehead atoms. The minimum Gasteiger partial charge on any atom is -0.497 e. The average molecular weight is 2050 g/mol. The van der Waals surface area contributed by atoms with Crippen LogP contribution in [-0.4, -0.2) is 141 Å². The fourth-order valence-electron chi connectivity index (χ4n) is 15.5. The Morgan fingerprint density at radius 1 is 0.433 bits per heavy atom. The van der Waals surface area contributed by atoms with Crippen LogP contribution in [0.1, 0.15) is 187 Å². The van der Waals surface area contributed by atoms with Crippen molar-refractivity contribution in [1.29, 1.82) is 0 Å². The van der Waals surface area contributed by atoms with E-state index in [1.807, 2.05) is 148 Å². The van der Waals surface area contributed by atoms with Crippen molar-refractivity contribution >= 4 is 64.3 Å². The zero-order valence-corrected chi connectivity index (χ0v) is 83.4. The van der Waals surface area contributed by atoms with Crippen LogP contribution in [0.5, 0.6) is 23.0 Å². The molecule has 0 radical (unpaired) electrons. The van der Waals surface area contributed by atoms with Crippen LogP contribution in [0.3, 0.4) is 0 Å². The smallest absolute Gasteiger partial charge is 0.269 e. The number of hydrogen-bond acceptors (Lipinski definition) is 20. The first-order valence-electron chi connectivity index (χ1n) is 44.5. The van der Waals surface area contributed by atoms with Crippen LogP contribution < -0.4 is 51.3 Å². The van der Waals surface area contributed by atoms with Crippen molar-refractivity contribution in [2.24, 2.45) is 0 Å². The molecule has 3 aliphatic heterocycles. The minimum absolute atomic E-state index is 0. The molecule has 141 heavy (non-hydrogen) atoms. The Kier molecular flexibility index (Phi) is 37.4. The molecule has 28 nitrogen and oxygen atoms in total. The normalized spacial score (nSPS) is 12.2. The first kappa shape index (κ1) is 110. The third-order valence-electron chi connectivity index (χ3n) is 23.8. The number of methoxy groups -OCH3 is 4. The number of amides is 7. The van der Waals surface area contributed by atoms with E-state index < -0.39 is 61.5 Å². The van der Waals surface area contributed by atoms with Gasteiger partial charge in [-0.15, -0.1) is 0 Å². The summed E-state index contributed by atoms with van der Waals surface area (Å²) in [6, 6.07) is 49.6. The molecule has 7 N–H and O–H groups in total. The fraction of sp³-hybridized carbons (Fsp3) is 0.295. The number of ether oxygens (including phenoxy) is 4. The van der Waals surface area contributed by atoms with Gasteiger partial charge in [-0.2, -0.15) is 0 Å². The summed E-state index contributed by atoms with van der Waals surface area (Å²) < 4.78 is 108. The number of rotatable bonds is 28. The summed E-state index contributed by atoms with van der Waals surface area (Å²) in [6.45, 7) is 25.5. The number of carbonyl (C=O) groups excluding carboxylic acids is 7. The van der Waals surface area contributed by atoms with E-state index in [9.17, 15) is 70.0 Å². The molecule has 0 saturated heterocycles. The third-order valence-corrected chi connectivity index (χ3v) is 24.1. The fourth-order valence-corrected chi connectivity index (χ4v) is 15.8. The van der Waals surface area contributed by atoms with Gasteiger partial charge in [-0.1, -0.05) is 103 Å². The van der Waals surface area contributed by atoms with Crippen molar-refractivity contribution in [3.05, 3.63) is 335 Å². The summed E-state index contributed by atoms with van der Waals surface area (Å²) in [7, 11) is 6.17. The monoisotopic (exact) mass is 2040 g/mol. The topological polar surface area (TPSA) is 370 Å². The van der Waals surface area contributed by atoms with E-state index in [0.717, 1.165) is 80.9 Å². The van der Waals surface area contributed by atoms with Gasteiger partial charge in [0, 0.05) is 101 Å². The molecule has 6 heterocycles. The van der Waals surface area contributed by atoms with Gasteiger partial charge in [-0.25, -0.2) is 56.2 Å². The van der Waals surface area contributed by atoms with Crippen molar-refractivity contribution in [2.45, 2.75) is 150 Å². The van der Waals surface area contributed by atoms with Gasteiger partial charge in [0.25, 0.3) is 23.4 Å². The van der Waals surface area contributed by atoms with E-state index in [4.69, 9.17) is 36.3 Å². The average Bonchev–Trinajstić information content (AvgIpc) is 1.59. The maximum atomic E-state index is 14.9. The number of nitrogens with one attached hydrogen (secondary N) is 5. The Bertz CT molecular complexity index is 6540. The van der Waals surface area contributed by atoms with Gasteiger partial charge in [-0.05, 0) is 189 Å². The van der Waals surface area contributed by atoms with Gasteiger partial charge < -0.3 is 68.5 Å². The molecule has 0 atom stereocenters. The molecule has 0 fully saturated rings. The molecule has 3 aliphatic rings. The third kappa shape index (κ3) is 25.4. The number of nitrogen functional groups attached to an aromatic ring is 1. The number of fused-ring (bicyclic) bond motifs is 3. The van der Waals surface area contributed by atoms with Gasteiger partial charge in [0.15, 0.2) is 17.5 Å². The van der Waals surface area contributed by atoms with Crippen LogP contribution >= 0.6 is 11.6 Å². The number of hydrogen-bond donors (Lipinski definition) is 6. The van der Waals surface area contributed by atoms with E-state index in [-0.39, 0.29) is 165 Å². The van der Waals surface area contributed by atoms with Crippen LogP contribution in [0.4, 0.5) is 37.7 Å². The van der Waals surface area contributed by atoms with Gasteiger partial charge in [0.2, 0.25) is 23.6 Å². The number of nitro groups is 1.